The molecule has 2 nitrogen and oxygen atoms in total. The Balaban J connectivity index is 1.64. The minimum Gasteiger partial charge on any atom is -0.374 e. The van der Waals surface area contributed by atoms with Crippen molar-refractivity contribution in [2.45, 2.75) is 52.0 Å². The number of rotatable bonds is 5. The van der Waals surface area contributed by atoms with Gasteiger partial charge in [-0.15, -0.1) is 0 Å². The van der Waals surface area contributed by atoms with Crippen molar-refractivity contribution in [3.05, 3.63) is 29.3 Å². The number of nitrogens with zero attached hydrogens (tertiary/aromatic N) is 1. The molecule has 2 N–H and O–H groups in total. The first kappa shape index (κ1) is 14.9. The molecule has 1 aromatic rings. The predicted molar refractivity (Wildman–Crippen MR) is 90.7 cm³/mol. The molecule has 2 heteroatoms. The van der Waals surface area contributed by atoms with Crippen molar-refractivity contribution in [1.82, 2.24) is 0 Å². The van der Waals surface area contributed by atoms with Crippen LogP contribution >= 0.6 is 0 Å². The molecule has 2 saturated carbocycles. The van der Waals surface area contributed by atoms with E-state index < -0.39 is 0 Å². The van der Waals surface area contributed by atoms with E-state index in [0.717, 1.165) is 24.2 Å². The lowest BCUT2D eigenvalue weighted by molar-refractivity contribution is 0.337. The third kappa shape index (κ3) is 3.26. The van der Waals surface area contributed by atoms with Gasteiger partial charge in [0.2, 0.25) is 0 Å². The molecule has 2 fully saturated rings. The fourth-order valence-electron chi connectivity index (χ4n) is 4.55. The van der Waals surface area contributed by atoms with Gasteiger partial charge in [0.1, 0.15) is 0 Å². The van der Waals surface area contributed by atoms with E-state index in [1.54, 1.807) is 0 Å². The highest BCUT2D eigenvalue weighted by atomic mass is 15.1. The molecule has 0 heterocycles. The van der Waals surface area contributed by atoms with Gasteiger partial charge in [-0.2, -0.15) is 0 Å². The van der Waals surface area contributed by atoms with Gasteiger partial charge in [0.15, 0.2) is 0 Å². The van der Waals surface area contributed by atoms with Crippen LogP contribution in [-0.2, 0) is 6.42 Å². The SMILES string of the molecule is Cc1cc(N(C)CC2CC3CCC2C3)ccc1CC(C)N. The molecule has 3 rings (SSSR count). The van der Waals surface area contributed by atoms with Gasteiger partial charge in [-0.25, -0.2) is 0 Å². The third-order valence-corrected chi connectivity index (χ3v) is 5.70. The molecule has 4 unspecified atom stereocenters. The maximum Gasteiger partial charge on any atom is 0.0366 e. The molecule has 0 aromatic heterocycles. The highest BCUT2D eigenvalue weighted by molar-refractivity contribution is 5.50. The number of fused-ring (bicyclic) bond motifs is 2. The molecule has 0 saturated heterocycles. The summed E-state index contributed by atoms with van der Waals surface area (Å²) in [6.45, 7) is 5.52. The summed E-state index contributed by atoms with van der Waals surface area (Å²) in [5.74, 6) is 2.98. The largest absolute Gasteiger partial charge is 0.374 e. The van der Waals surface area contributed by atoms with Crippen LogP contribution in [0.2, 0.25) is 0 Å². The Morgan fingerprint density at radius 2 is 2.10 bits per heavy atom. The summed E-state index contributed by atoms with van der Waals surface area (Å²) in [4.78, 5) is 2.47. The van der Waals surface area contributed by atoms with E-state index in [9.17, 15) is 0 Å². The summed E-state index contributed by atoms with van der Waals surface area (Å²) in [6.07, 6.45) is 6.93. The van der Waals surface area contributed by atoms with Crippen LogP contribution in [0.1, 0.15) is 43.7 Å². The van der Waals surface area contributed by atoms with E-state index in [4.69, 9.17) is 5.73 Å². The van der Waals surface area contributed by atoms with E-state index in [1.165, 1.54) is 49.0 Å². The molecule has 21 heavy (non-hydrogen) atoms. The lowest BCUT2D eigenvalue weighted by Crippen LogP contribution is -2.28. The predicted octanol–water partition coefficient (Wildman–Crippen LogP) is 3.76. The Labute approximate surface area is 129 Å². The van der Waals surface area contributed by atoms with Crippen LogP contribution in [-0.4, -0.2) is 19.6 Å². The molecule has 2 bridgehead atoms. The molecule has 0 aliphatic heterocycles. The van der Waals surface area contributed by atoms with Gasteiger partial charge in [0.05, 0.1) is 0 Å². The fourth-order valence-corrected chi connectivity index (χ4v) is 4.55. The second-order valence-electron chi connectivity index (χ2n) is 7.61. The Morgan fingerprint density at radius 1 is 1.29 bits per heavy atom. The minimum atomic E-state index is 0.237. The van der Waals surface area contributed by atoms with E-state index >= 15 is 0 Å². The van der Waals surface area contributed by atoms with Crippen molar-refractivity contribution in [3.63, 3.8) is 0 Å². The number of hydrogen-bond donors (Lipinski definition) is 1. The summed E-state index contributed by atoms with van der Waals surface area (Å²) in [5, 5.41) is 0. The second kappa shape index (κ2) is 6.00. The van der Waals surface area contributed by atoms with Crippen LogP contribution < -0.4 is 10.6 Å². The summed E-state index contributed by atoms with van der Waals surface area (Å²) < 4.78 is 0. The number of hydrogen-bond acceptors (Lipinski definition) is 2. The fraction of sp³-hybridized carbons (Fsp3) is 0.684. The Morgan fingerprint density at radius 3 is 2.67 bits per heavy atom. The van der Waals surface area contributed by atoms with Gasteiger partial charge in [0.25, 0.3) is 0 Å². The zero-order valence-corrected chi connectivity index (χ0v) is 13.8. The Hall–Kier alpha value is -1.02. The summed E-state index contributed by atoms with van der Waals surface area (Å²) in [5.41, 5.74) is 10.1. The van der Waals surface area contributed by atoms with Crippen molar-refractivity contribution in [3.8, 4) is 0 Å². The van der Waals surface area contributed by atoms with Crippen LogP contribution in [0.15, 0.2) is 18.2 Å². The molecule has 116 valence electrons. The standard InChI is InChI=1S/C19H30N2/c1-13-8-19(7-6-16(13)9-14(2)20)21(3)12-18-11-15-4-5-17(18)10-15/h6-8,14-15,17-18H,4-5,9-12,20H2,1-3H3. The van der Waals surface area contributed by atoms with Crippen LogP contribution in [0.4, 0.5) is 5.69 Å². The van der Waals surface area contributed by atoms with Gasteiger partial charge in [-0.1, -0.05) is 12.5 Å². The molecular formula is C19H30N2. The highest BCUT2D eigenvalue weighted by Gasteiger charge is 2.39. The molecule has 2 aliphatic rings. The Bertz CT molecular complexity index is 494. The molecule has 0 amide bonds. The maximum atomic E-state index is 5.92. The van der Waals surface area contributed by atoms with Crippen LogP contribution in [0.5, 0.6) is 0 Å². The zero-order valence-electron chi connectivity index (χ0n) is 13.8. The van der Waals surface area contributed by atoms with Gasteiger partial charge in [-0.3, -0.25) is 0 Å². The first-order valence-corrected chi connectivity index (χ1v) is 8.59. The van der Waals surface area contributed by atoms with E-state index in [-0.39, 0.29) is 6.04 Å². The van der Waals surface area contributed by atoms with Crippen molar-refractivity contribution in [2.24, 2.45) is 23.5 Å². The monoisotopic (exact) mass is 286 g/mol. The van der Waals surface area contributed by atoms with Gasteiger partial charge in [-0.05, 0) is 80.5 Å². The second-order valence-corrected chi connectivity index (χ2v) is 7.61. The van der Waals surface area contributed by atoms with E-state index in [1.807, 2.05) is 0 Å². The number of aryl methyl sites for hydroxylation is 1. The summed E-state index contributed by atoms with van der Waals surface area (Å²) in [6, 6.07) is 7.12. The average molecular weight is 286 g/mol. The zero-order chi connectivity index (χ0) is 15.0. The number of nitrogens with two attached hydrogens (primary N) is 1. The quantitative estimate of drug-likeness (QED) is 0.893. The molecule has 4 atom stereocenters. The number of benzene rings is 1. The smallest absolute Gasteiger partial charge is 0.0366 e. The topological polar surface area (TPSA) is 29.3 Å². The van der Waals surface area contributed by atoms with Crippen molar-refractivity contribution < 1.29 is 0 Å². The highest BCUT2D eigenvalue weighted by Crippen LogP contribution is 2.48. The van der Waals surface area contributed by atoms with Gasteiger partial charge >= 0.3 is 0 Å². The van der Waals surface area contributed by atoms with Crippen LogP contribution in [0.25, 0.3) is 0 Å². The molecular weight excluding hydrogens is 256 g/mol. The normalized spacial score (nSPS) is 28.9. The minimum absolute atomic E-state index is 0.237. The molecule has 0 radical (unpaired) electrons. The van der Waals surface area contributed by atoms with Crippen molar-refractivity contribution in [1.29, 1.82) is 0 Å². The Kier molecular flexibility index (Phi) is 4.26. The average Bonchev–Trinajstić information content (AvgIpc) is 3.03. The summed E-state index contributed by atoms with van der Waals surface area (Å²) in [7, 11) is 2.26. The first-order chi connectivity index (χ1) is 10.0. The maximum absolute atomic E-state index is 5.92. The van der Waals surface area contributed by atoms with Crippen LogP contribution in [0, 0.1) is 24.7 Å². The van der Waals surface area contributed by atoms with Crippen molar-refractivity contribution in [2.75, 3.05) is 18.5 Å². The van der Waals surface area contributed by atoms with E-state index in [2.05, 4.69) is 44.0 Å². The van der Waals surface area contributed by atoms with Crippen LogP contribution in [0.3, 0.4) is 0 Å². The van der Waals surface area contributed by atoms with Gasteiger partial charge < -0.3 is 10.6 Å². The summed E-state index contributed by atoms with van der Waals surface area (Å²) >= 11 is 0. The first-order valence-electron chi connectivity index (χ1n) is 8.59. The lowest BCUT2D eigenvalue weighted by atomic mass is 9.88. The molecule has 2 aliphatic carbocycles. The van der Waals surface area contributed by atoms with Gasteiger partial charge in [0, 0.05) is 25.3 Å². The third-order valence-electron chi connectivity index (χ3n) is 5.70. The lowest BCUT2D eigenvalue weighted by Gasteiger charge is -2.29. The van der Waals surface area contributed by atoms with E-state index in [0.29, 0.717) is 0 Å². The number of anilines is 1. The van der Waals surface area contributed by atoms with Crippen molar-refractivity contribution >= 4 is 5.69 Å². The molecule has 0 spiro atoms. The molecule has 1 aromatic carbocycles.